The van der Waals surface area contributed by atoms with E-state index in [1.807, 2.05) is 13.8 Å². The molecular weight excluding hydrogens is 276 g/mol. The molecule has 1 aliphatic carbocycles. The molecule has 0 amide bonds. The van der Waals surface area contributed by atoms with Crippen molar-refractivity contribution >= 4 is 23.6 Å². The topological polar surface area (TPSA) is 71.3 Å². The lowest BCUT2D eigenvalue weighted by molar-refractivity contribution is -0.141. The number of carbonyl (C=O) groups is 1. The van der Waals surface area contributed by atoms with Crippen molar-refractivity contribution in [3.8, 4) is 0 Å². The maximum atomic E-state index is 12.4. The van der Waals surface area contributed by atoms with Crippen LogP contribution in [0.5, 0.6) is 0 Å². The Bertz CT molecular complexity index is 537. The van der Waals surface area contributed by atoms with Gasteiger partial charge in [-0.2, -0.15) is 0 Å². The summed E-state index contributed by atoms with van der Waals surface area (Å²) in [7, 11) is 0. The summed E-state index contributed by atoms with van der Waals surface area (Å²) in [6.07, 6.45) is 4.33. The average Bonchev–Trinajstić information content (AvgIpc) is 3.19. The first-order valence-electron chi connectivity index (χ1n) is 6.84. The first-order chi connectivity index (χ1) is 9.49. The van der Waals surface area contributed by atoms with E-state index in [2.05, 4.69) is 4.72 Å². The van der Waals surface area contributed by atoms with Gasteiger partial charge < -0.3 is 9.83 Å². The van der Waals surface area contributed by atoms with Crippen LogP contribution in [-0.2, 0) is 4.79 Å². The number of aliphatic carboxylic acids is 1. The Morgan fingerprint density at radius 1 is 1.55 bits per heavy atom. The Kier molecular flexibility index (Phi) is 4.75. The van der Waals surface area contributed by atoms with E-state index < -0.39 is 12.0 Å². The largest absolute Gasteiger partial charge is 0.480 e. The van der Waals surface area contributed by atoms with E-state index in [1.54, 1.807) is 30.3 Å². The monoisotopic (exact) mass is 296 g/mol. The Morgan fingerprint density at radius 3 is 2.80 bits per heavy atom. The molecule has 1 unspecified atom stereocenters. The highest BCUT2D eigenvalue weighted by Gasteiger charge is 2.24. The molecule has 20 heavy (non-hydrogen) atoms. The fourth-order valence-corrected chi connectivity index (χ4v) is 2.77. The van der Waals surface area contributed by atoms with Gasteiger partial charge in [0.05, 0.1) is 0 Å². The van der Waals surface area contributed by atoms with E-state index in [-0.39, 0.29) is 11.5 Å². The molecule has 0 spiro atoms. The minimum absolute atomic E-state index is 0.209. The standard InChI is InChI=1S/C14H20N2O3S/c1-9(2)8-12(14(18)19)16-7-3-4-11(13(16)17)15-20-10-5-6-10/h3-4,7,9-10,12,15H,5-6,8H2,1-2H3,(H,18,19). The van der Waals surface area contributed by atoms with Crippen LogP contribution in [-0.4, -0.2) is 20.9 Å². The lowest BCUT2D eigenvalue weighted by Gasteiger charge is -2.18. The SMILES string of the molecule is CC(C)CC(C(=O)O)n1cccc(NSC2CC2)c1=O. The van der Waals surface area contributed by atoms with Gasteiger partial charge in [-0.05, 0) is 49.3 Å². The van der Waals surface area contributed by atoms with E-state index in [0.29, 0.717) is 17.4 Å². The zero-order chi connectivity index (χ0) is 14.7. The minimum atomic E-state index is -0.965. The Labute approximate surface area is 122 Å². The van der Waals surface area contributed by atoms with Crippen LogP contribution in [0.2, 0.25) is 0 Å². The van der Waals surface area contributed by atoms with Crippen LogP contribution >= 0.6 is 11.9 Å². The maximum Gasteiger partial charge on any atom is 0.326 e. The second kappa shape index (κ2) is 6.35. The number of carboxylic acid groups (broad SMARTS) is 1. The number of hydrogen-bond acceptors (Lipinski definition) is 4. The van der Waals surface area contributed by atoms with Gasteiger partial charge in [-0.15, -0.1) is 0 Å². The van der Waals surface area contributed by atoms with Crippen molar-refractivity contribution in [1.82, 2.24) is 4.57 Å². The number of carboxylic acids is 1. The summed E-state index contributed by atoms with van der Waals surface area (Å²) in [5.74, 6) is -0.756. The molecule has 1 atom stereocenters. The Morgan fingerprint density at radius 2 is 2.25 bits per heavy atom. The zero-order valence-electron chi connectivity index (χ0n) is 11.7. The molecule has 1 fully saturated rings. The number of anilines is 1. The van der Waals surface area contributed by atoms with Crippen molar-refractivity contribution < 1.29 is 9.90 Å². The summed E-state index contributed by atoms with van der Waals surface area (Å²) in [5.41, 5.74) is 0.188. The van der Waals surface area contributed by atoms with E-state index in [4.69, 9.17) is 0 Å². The van der Waals surface area contributed by atoms with Crippen LogP contribution in [0.15, 0.2) is 23.1 Å². The van der Waals surface area contributed by atoms with E-state index in [9.17, 15) is 14.7 Å². The molecule has 0 aliphatic heterocycles. The molecule has 6 heteroatoms. The molecule has 5 nitrogen and oxygen atoms in total. The van der Waals surface area contributed by atoms with Gasteiger partial charge in [0.15, 0.2) is 0 Å². The van der Waals surface area contributed by atoms with Gasteiger partial charge in [0, 0.05) is 11.4 Å². The average molecular weight is 296 g/mol. The third kappa shape index (κ3) is 3.79. The van der Waals surface area contributed by atoms with Gasteiger partial charge in [0.25, 0.3) is 5.56 Å². The van der Waals surface area contributed by atoms with Crippen molar-refractivity contribution in [3.63, 3.8) is 0 Å². The highest BCUT2D eigenvalue weighted by atomic mass is 32.2. The lowest BCUT2D eigenvalue weighted by Crippen LogP contribution is -2.31. The highest BCUT2D eigenvalue weighted by Crippen LogP contribution is 2.33. The van der Waals surface area contributed by atoms with Crippen molar-refractivity contribution in [2.75, 3.05) is 4.72 Å². The molecule has 0 bridgehead atoms. The first-order valence-corrected chi connectivity index (χ1v) is 7.72. The van der Waals surface area contributed by atoms with E-state index in [0.717, 1.165) is 0 Å². The van der Waals surface area contributed by atoms with Gasteiger partial charge in [0.2, 0.25) is 0 Å². The Balaban J connectivity index is 2.22. The van der Waals surface area contributed by atoms with Crippen molar-refractivity contribution in [2.45, 2.75) is 44.4 Å². The fourth-order valence-electron chi connectivity index (χ4n) is 1.95. The van der Waals surface area contributed by atoms with Crippen LogP contribution in [0, 0.1) is 5.92 Å². The van der Waals surface area contributed by atoms with Gasteiger partial charge >= 0.3 is 5.97 Å². The number of pyridine rings is 1. The minimum Gasteiger partial charge on any atom is -0.480 e. The number of nitrogens with zero attached hydrogens (tertiary/aromatic N) is 1. The van der Waals surface area contributed by atoms with Gasteiger partial charge in [0.1, 0.15) is 11.7 Å². The maximum absolute atomic E-state index is 12.4. The van der Waals surface area contributed by atoms with Crippen molar-refractivity contribution in [1.29, 1.82) is 0 Å². The fraction of sp³-hybridized carbons (Fsp3) is 0.571. The van der Waals surface area contributed by atoms with Crippen LogP contribution < -0.4 is 10.3 Å². The van der Waals surface area contributed by atoms with Crippen LogP contribution in [0.3, 0.4) is 0 Å². The lowest BCUT2D eigenvalue weighted by atomic mass is 10.0. The summed E-state index contributed by atoms with van der Waals surface area (Å²) in [6, 6.07) is 2.60. The molecule has 1 heterocycles. The smallest absolute Gasteiger partial charge is 0.326 e. The van der Waals surface area contributed by atoms with Gasteiger partial charge in [-0.3, -0.25) is 9.36 Å². The van der Waals surface area contributed by atoms with Crippen LogP contribution in [0.4, 0.5) is 5.69 Å². The second-order valence-electron chi connectivity index (χ2n) is 5.54. The molecular formula is C14H20N2O3S. The third-order valence-electron chi connectivity index (χ3n) is 3.15. The molecule has 0 aromatic carbocycles. The van der Waals surface area contributed by atoms with Crippen molar-refractivity contribution in [3.05, 3.63) is 28.7 Å². The number of hydrogen-bond donors (Lipinski definition) is 2. The number of aromatic nitrogens is 1. The van der Waals surface area contributed by atoms with E-state index >= 15 is 0 Å². The Hall–Kier alpha value is -1.43. The normalized spacial score (nSPS) is 16.1. The second-order valence-corrected chi connectivity index (χ2v) is 6.64. The summed E-state index contributed by atoms with van der Waals surface area (Å²) in [4.78, 5) is 23.7. The molecule has 0 radical (unpaired) electrons. The first kappa shape index (κ1) is 15.0. The molecule has 2 rings (SSSR count). The molecule has 1 saturated carbocycles. The summed E-state index contributed by atoms with van der Waals surface area (Å²) < 4.78 is 4.37. The zero-order valence-corrected chi connectivity index (χ0v) is 12.5. The summed E-state index contributed by atoms with van der Waals surface area (Å²) in [6.45, 7) is 3.90. The predicted molar refractivity (Wildman–Crippen MR) is 81.1 cm³/mol. The quantitative estimate of drug-likeness (QED) is 0.757. The predicted octanol–water partition coefficient (Wildman–Crippen LogP) is 2.74. The number of rotatable bonds is 7. The highest BCUT2D eigenvalue weighted by molar-refractivity contribution is 8.01. The van der Waals surface area contributed by atoms with Gasteiger partial charge in [-0.25, -0.2) is 4.79 Å². The summed E-state index contributed by atoms with van der Waals surface area (Å²) in [5, 5.41) is 9.91. The summed E-state index contributed by atoms with van der Waals surface area (Å²) >= 11 is 1.54. The molecule has 2 N–H and O–H groups in total. The number of nitrogens with one attached hydrogen (secondary N) is 1. The van der Waals surface area contributed by atoms with E-state index in [1.165, 1.54) is 17.4 Å². The molecule has 110 valence electrons. The molecule has 1 aliphatic rings. The molecule has 1 aromatic heterocycles. The van der Waals surface area contributed by atoms with Crippen LogP contribution in [0.25, 0.3) is 0 Å². The van der Waals surface area contributed by atoms with Crippen molar-refractivity contribution in [2.24, 2.45) is 5.92 Å². The van der Waals surface area contributed by atoms with Gasteiger partial charge in [-0.1, -0.05) is 13.8 Å². The molecule has 1 aromatic rings. The molecule has 0 saturated heterocycles. The third-order valence-corrected chi connectivity index (χ3v) is 4.29. The van der Waals surface area contributed by atoms with Crippen LogP contribution in [0.1, 0.15) is 39.2 Å².